The first kappa shape index (κ1) is 28.4. The van der Waals surface area contributed by atoms with E-state index in [0.29, 0.717) is 52.2 Å². The second-order valence-corrected chi connectivity index (χ2v) is 15.6. The quantitative estimate of drug-likeness (QED) is 0.322. The largest absolute Gasteiger partial charge is 0.349 e. The molecule has 0 aliphatic heterocycles. The Labute approximate surface area is 251 Å². The number of nitrogens with one attached hydrogen (secondary N) is 3. The van der Waals surface area contributed by atoms with Crippen molar-refractivity contribution in [2.75, 3.05) is 0 Å². The molecule has 6 heteroatoms. The molecular formula is C36H51N3O3. The molecule has 6 aliphatic carbocycles. The van der Waals surface area contributed by atoms with Crippen molar-refractivity contribution in [3.05, 3.63) is 34.9 Å². The molecule has 6 bridgehead atoms. The number of fused-ring (bicyclic) bond motifs is 6. The smallest absolute Gasteiger partial charge is 0.251 e. The third-order valence-electron chi connectivity index (χ3n) is 13.1. The summed E-state index contributed by atoms with van der Waals surface area (Å²) in [6, 6.07) is 5.33. The Balaban J connectivity index is 1.08. The summed E-state index contributed by atoms with van der Waals surface area (Å²) >= 11 is 0. The van der Waals surface area contributed by atoms with E-state index in [1.165, 1.54) is 77.0 Å². The summed E-state index contributed by atoms with van der Waals surface area (Å²) < 4.78 is 0. The van der Waals surface area contributed by atoms with Crippen molar-refractivity contribution in [1.29, 1.82) is 0 Å². The maximum Gasteiger partial charge on any atom is 0.251 e. The van der Waals surface area contributed by atoms with E-state index in [2.05, 4.69) is 36.7 Å². The highest BCUT2D eigenvalue weighted by Gasteiger charge is 2.44. The van der Waals surface area contributed by atoms with Gasteiger partial charge in [0, 0.05) is 34.8 Å². The molecule has 0 saturated heterocycles. The lowest BCUT2D eigenvalue weighted by molar-refractivity contribution is 0.0914. The van der Waals surface area contributed by atoms with Gasteiger partial charge in [-0.25, -0.2) is 0 Å². The van der Waals surface area contributed by atoms with Gasteiger partial charge in [-0.15, -0.1) is 0 Å². The van der Waals surface area contributed by atoms with Gasteiger partial charge in [-0.2, -0.15) is 0 Å². The SMILES string of the molecule is C[C@H](NC(=O)c1cc(C(=O)N[C@@H](C)[C@@H]2C[C@@H]3CC[C@@H]2C3)cc(C(=O)N[C@@H](C)[C@H]2C[C@@H]3CC[C@@H]2C3)c1)[C@@H]1C[C@@H]2CC[C@@H]1C2. The van der Waals surface area contributed by atoms with E-state index in [4.69, 9.17) is 0 Å². The van der Waals surface area contributed by atoms with Gasteiger partial charge in [0.1, 0.15) is 0 Å². The van der Waals surface area contributed by atoms with Crippen molar-refractivity contribution in [2.45, 2.75) is 116 Å². The Bertz CT molecular complexity index is 1070. The molecule has 0 spiro atoms. The van der Waals surface area contributed by atoms with Crippen LogP contribution in [0.4, 0.5) is 0 Å². The monoisotopic (exact) mass is 573 g/mol. The molecule has 3 amide bonds. The van der Waals surface area contributed by atoms with Crippen molar-refractivity contribution in [2.24, 2.45) is 53.3 Å². The van der Waals surface area contributed by atoms with Crippen LogP contribution in [0.5, 0.6) is 0 Å². The number of amides is 3. The molecule has 6 fully saturated rings. The highest BCUT2D eigenvalue weighted by atomic mass is 16.2. The first-order chi connectivity index (χ1) is 20.2. The Morgan fingerprint density at radius 1 is 0.500 bits per heavy atom. The number of hydrogen-bond donors (Lipinski definition) is 3. The molecule has 0 radical (unpaired) electrons. The zero-order chi connectivity index (χ0) is 29.1. The highest BCUT2D eigenvalue weighted by molar-refractivity contribution is 6.04. The number of rotatable bonds is 9. The Morgan fingerprint density at radius 2 is 0.786 bits per heavy atom. The lowest BCUT2D eigenvalue weighted by Crippen LogP contribution is -2.42. The number of benzene rings is 1. The van der Waals surface area contributed by atoms with Crippen LogP contribution in [-0.2, 0) is 0 Å². The van der Waals surface area contributed by atoms with Crippen molar-refractivity contribution in [3.63, 3.8) is 0 Å². The first-order valence-electron chi connectivity index (χ1n) is 17.3. The van der Waals surface area contributed by atoms with Gasteiger partial charge >= 0.3 is 0 Å². The van der Waals surface area contributed by atoms with E-state index in [1.54, 1.807) is 18.2 Å². The van der Waals surface area contributed by atoms with Gasteiger partial charge in [-0.05, 0) is 150 Å². The van der Waals surface area contributed by atoms with E-state index in [-0.39, 0.29) is 35.8 Å². The lowest BCUT2D eigenvalue weighted by Gasteiger charge is -2.29. The van der Waals surface area contributed by atoms with Crippen LogP contribution >= 0.6 is 0 Å². The van der Waals surface area contributed by atoms with Crippen molar-refractivity contribution in [3.8, 4) is 0 Å². The molecule has 1 aromatic rings. The fourth-order valence-corrected chi connectivity index (χ4v) is 10.9. The summed E-state index contributed by atoms with van der Waals surface area (Å²) in [4.78, 5) is 40.9. The van der Waals surface area contributed by atoms with E-state index < -0.39 is 0 Å². The van der Waals surface area contributed by atoms with E-state index in [9.17, 15) is 14.4 Å². The molecule has 42 heavy (non-hydrogen) atoms. The van der Waals surface area contributed by atoms with Gasteiger partial charge in [0.05, 0.1) is 0 Å². The van der Waals surface area contributed by atoms with Crippen LogP contribution in [0.1, 0.15) is 129 Å². The van der Waals surface area contributed by atoms with Gasteiger partial charge < -0.3 is 16.0 Å². The fraction of sp³-hybridized carbons (Fsp3) is 0.750. The molecule has 7 rings (SSSR count). The van der Waals surface area contributed by atoms with Gasteiger partial charge in [-0.1, -0.05) is 19.3 Å². The highest BCUT2D eigenvalue weighted by Crippen LogP contribution is 2.51. The fourth-order valence-electron chi connectivity index (χ4n) is 10.9. The Morgan fingerprint density at radius 3 is 1.00 bits per heavy atom. The van der Waals surface area contributed by atoms with E-state index in [1.807, 2.05) is 0 Å². The molecule has 3 N–H and O–H groups in total. The minimum absolute atomic E-state index is 0.0816. The van der Waals surface area contributed by atoms with Crippen molar-refractivity contribution < 1.29 is 14.4 Å². The Hall–Kier alpha value is -2.37. The second kappa shape index (κ2) is 11.3. The van der Waals surface area contributed by atoms with Gasteiger partial charge in [0.2, 0.25) is 0 Å². The molecule has 228 valence electrons. The second-order valence-electron chi connectivity index (χ2n) is 15.6. The maximum atomic E-state index is 13.6. The standard InChI is InChI=1S/C36H51N3O3/c1-19(31-13-22-4-7-25(31)10-22)37-34(40)28-16-29(35(41)38-20(2)32-14-23-5-8-26(32)11-23)18-30(17-28)36(42)39-21(3)33-15-24-6-9-27(33)12-24/h16-27,31-33H,4-15H2,1-3H3,(H,37,40)(H,38,41)(H,39,42)/t19-,20-,21-,22+,23+,24+,25+,26+,27+,31-,32-,33+/m0/s1. The molecule has 0 unspecified atom stereocenters. The zero-order valence-electron chi connectivity index (χ0n) is 25.9. The average molecular weight is 574 g/mol. The summed E-state index contributed by atoms with van der Waals surface area (Å²) in [6.07, 6.45) is 15.3. The van der Waals surface area contributed by atoms with Gasteiger partial charge in [0.25, 0.3) is 17.7 Å². The van der Waals surface area contributed by atoms with Crippen LogP contribution in [0.15, 0.2) is 18.2 Å². The molecule has 6 aliphatic rings. The number of hydrogen-bond acceptors (Lipinski definition) is 3. The summed E-state index contributed by atoms with van der Waals surface area (Å²) in [5.74, 6) is 5.59. The minimum atomic E-state index is -0.184. The molecule has 12 atom stereocenters. The van der Waals surface area contributed by atoms with Crippen molar-refractivity contribution in [1.82, 2.24) is 16.0 Å². The molecule has 0 aromatic heterocycles. The predicted molar refractivity (Wildman–Crippen MR) is 164 cm³/mol. The molecule has 6 saturated carbocycles. The van der Waals surface area contributed by atoms with Crippen LogP contribution in [0, 0.1) is 53.3 Å². The summed E-state index contributed by atoms with van der Waals surface area (Å²) in [5, 5.41) is 9.78. The molecular weight excluding hydrogens is 522 g/mol. The Kier molecular flexibility index (Phi) is 7.63. The van der Waals surface area contributed by atoms with Crippen molar-refractivity contribution >= 4 is 17.7 Å². The lowest BCUT2D eigenvalue weighted by atomic mass is 9.83. The normalized spacial score (nSPS) is 37.9. The summed E-state index contributed by atoms with van der Waals surface area (Å²) in [5.41, 5.74) is 1.22. The van der Waals surface area contributed by atoms with Crippen LogP contribution < -0.4 is 16.0 Å². The minimum Gasteiger partial charge on any atom is -0.349 e. The van der Waals surface area contributed by atoms with E-state index in [0.717, 1.165) is 17.8 Å². The third-order valence-corrected chi connectivity index (χ3v) is 13.1. The zero-order valence-corrected chi connectivity index (χ0v) is 25.9. The number of carbonyl (C=O) groups is 3. The third kappa shape index (κ3) is 5.41. The first-order valence-corrected chi connectivity index (χ1v) is 17.3. The van der Waals surface area contributed by atoms with Crippen LogP contribution in [0.2, 0.25) is 0 Å². The molecule has 1 aromatic carbocycles. The average Bonchev–Trinajstić information content (AvgIpc) is 3.84. The summed E-state index contributed by atoms with van der Waals surface area (Å²) in [6.45, 7) is 6.38. The van der Waals surface area contributed by atoms with Crippen LogP contribution in [0.25, 0.3) is 0 Å². The van der Waals surface area contributed by atoms with Gasteiger partial charge in [-0.3, -0.25) is 14.4 Å². The molecule has 0 heterocycles. The maximum absolute atomic E-state index is 13.6. The van der Waals surface area contributed by atoms with E-state index >= 15 is 0 Å². The van der Waals surface area contributed by atoms with Gasteiger partial charge in [0.15, 0.2) is 0 Å². The summed E-state index contributed by atoms with van der Waals surface area (Å²) in [7, 11) is 0. The predicted octanol–water partition coefficient (Wildman–Crippen LogP) is 6.35. The van der Waals surface area contributed by atoms with Crippen LogP contribution in [0.3, 0.4) is 0 Å². The topological polar surface area (TPSA) is 87.3 Å². The molecule has 6 nitrogen and oxygen atoms in total. The van der Waals surface area contributed by atoms with Crippen LogP contribution in [-0.4, -0.2) is 35.8 Å². The number of carbonyl (C=O) groups excluding carboxylic acids is 3.